The quantitative estimate of drug-likeness (QED) is 0.854. The van der Waals surface area contributed by atoms with Crippen molar-refractivity contribution in [3.8, 4) is 11.6 Å². The molecule has 0 saturated carbocycles. The first-order valence-electron chi connectivity index (χ1n) is 8.07. The molecule has 0 bridgehead atoms. The third-order valence-corrected chi connectivity index (χ3v) is 3.99. The number of pyridine rings is 1. The highest BCUT2D eigenvalue weighted by atomic mass is 35.5. The number of rotatable bonds is 5. The van der Waals surface area contributed by atoms with Crippen molar-refractivity contribution in [2.45, 2.75) is 19.4 Å². The maximum Gasteiger partial charge on any atom is 0.223 e. The summed E-state index contributed by atoms with van der Waals surface area (Å²) in [5.74, 6) is 0.611. The average molecular weight is 366 g/mol. The van der Waals surface area contributed by atoms with Gasteiger partial charge in [0.1, 0.15) is 11.6 Å². The lowest BCUT2D eigenvalue weighted by Gasteiger charge is -2.21. The molecule has 5 nitrogen and oxygen atoms in total. The van der Waals surface area contributed by atoms with E-state index >= 15 is 0 Å². The predicted octanol–water partition coefficient (Wildman–Crippen LogP) is 3.05. The van der Waals surface area contributed by atoms with Crippen LogP contribution in [-0.4, -0.2) is 24.0 Å². The zero-order valence-electron chi connectivity index (χ0n) is 13.7. The molecular weight excluding hydrogens is 345 g/mol. The van der Waals surface area contributed by atoms with Gasteiger partial charge in [-0.2, -0.15) is 0 Å². The lowest BCUT2D eigenvalue weighted by atomic mass is 9.97. The zero-order chi connectivity index (χ0) is 16.8. The van der Waals surface area contributed by atoms with Gasteiger partial charge in [-0.3, -0.25) is 4.79 Å². The Hall–Kier alpha value is -2.18. The highest BCUT2D eigenvalue weighted by Crippen LogP contribution is 2.20. The molecule has 0 atom stereocenters. The standard InChI is InChI=1S/C18H20FN3O2.ClH/c19-15-2-1-3-16(10-15)24-17-5-4-13(11-21-17)12-22-18(23)14-6-8-20-9-7-14;/h1-5,10-11,14,20H,6-9,12H2,(H,22,23);1H. The van der Waals surface area contributed by atoms with Crippen molar-refractivity contribution in [3.63, 3.8) is 0 Å². The van der Waals surface area contributed by atoms with E-state index in [9.17, 15) is 9.18 Å². The number of hydrogen-bond acceptors (Lipinski definition) is 4. The Morgan fingerprint density at radius 3 is 2.76 bits per heavy atom. The van der Waals surface area contributed by atoms with Crippen molar-refractivity contribution in [2.75, 3.05) is 13.1 Å². The minimum Gasteiger partial charge on any atom is -0.439 e. The van der Waals surface area contributed by atoms with Crippen molar-refractivity contribution in [1.29, 1.82) is 0 Å². The molecule has 2 N–H and O–H groups in total. The Morgan fingerprint density at radius 2 is 2.08 bits per heavy atom. The van der Waals surface area contributed by atoms with Crippen molar-refractivity contribution in [2.24, 2.45) is 5.92 Å². The van der Waals surface area contributed by atoms with Crippen LogP contribution in [-0.2, 0) is 11.3 Å². The van der Waals surface area contributed by atoms with E-state index in [1.165, 1.54) is 12.1 Å². The Kier molecular flexibility index (Phi) is 7.16. The summed E-state index contributed by atoms with van der Waals surface area (Å²) in [6, 6.07) is 9.44. The minimum absolute atomic E-state index is 0. The molecule has 0 unspecified atom stereocenters. The molecule has 1 aromatic heterocycles. The number of nitrogens with zero attached hydrogens (tertiary/aromatic N) is 1. The average Bonchev–Trinajstić information content (AvgIpc) is 2.62. The SMILES string of the molecule is Cl.O=C(NCc1ccc(Oc2cccc(F)c2)nc1)C1CCNCC1. The van der Waals surface area contributed by atoms with Gasteiger partial charge in [-0.15, -0.1) is 12.4 Å². The van der Waals surface area contributed by atoms with Crippen LogP contribution in [0.1, 0.15) is 18.4 Å². The summed E-state index contributed by atoms with van der Waals surface area (Å²) >= 11 is 0. The summed E-state index contributed by atoms with van der Waals surface area (Å²) < 4.78 is 18.6. The fourth-order valence-electron chi connectivity index (χ4n) is 2.64. The van der Waals surface area contributed by atoms with E-state index in [2.05, 4.69) is 15.6 Å². The third-order valence-electron chi connectivity index (χ3n) is 3.99. The van der Waals surface area contributed by atoms with E-state index in [1.54, 1.807) is 24.4 Å². The van der Waals surface area contributed by atoms with Crippen molar-refractivity contribution in [1.82, 2.24) is 15.6 Å². The van der Waals surface area contributed by atoms with E-state index < -0.39 is 0 Å². The van der Waals surface area contributed by atoms with Gasteiger partial charge in [-0.05, 0) is 43.6 Å². The first-order valence-corrected chi connectivity index (χ1v) is 8.07. The van der Waals surface area contributed by atoms with Crippen LogP contribution in [0.15, 0.2) is 42.6 Å². The number of halogens is 2. The van der Waals surface area contributed by atoms with Gasteiger partial charge >= 0.3 is 0 Å². The molecule has 1 aliphatic rings. The first-order chi connectivity index (χ1) is 11.7. The number of benzene rings is 1. The summed E-state index contributed by atoms with van der Waals surface area (Å²) in [4.78, 5) is 16.3. The van der Waals surface area contributed by atoms with Gasteiger partial charge in [0, 0.05) is 30.8 Å². The molecule has 25 heavy (non-hydrogen) atoms. The van der Waals surface area contributed by atoms with E-state index in [1.807, 2.05) is 6.07 Å². The van der Waals surface area contributed by atoms with Crippen LogP contribution in [0, 0.1) is 11.7 Å². The van der Waals surface area contributed by atoms with Crippen molar-refractivity contribution in [3.05, 3.63) is 54.0 Å². The molecule has 1 aliphatic heterocycles. The highest BCUT2D eigenvalue weighted by molar-refractivity contribution is 5.85. The van der Waals surface area contributed by atoms with Gasteiger partial charge in [0.2, 0.25) is 11.8 Å². The fourth-order valence-corrected chi connectivity index (χ4v) is 2.64. The molecule has 2 aromatic rings. The number of hydrogen-bond donors (Lipinski definition) is 2. The molecule has 0 spiro atoms. The molecule has 0 aliphatic carbocycles. The molecule has 2 heterocycles. The Morgan fingerprint density at radius 1 is 1.28 bits per heavy atom. The van der Waals surface area contributed by atoms with E-state index in [-0.39, 0.29) is 30.0 Å². The molecule has 1 fully saturated rings. The van der Waals surface area contributed by atoms with Gasteiger partial charge < -0.3 is 15.4 Å². The van der Waals surface area contributed by atoms with Crippen LogP contribution in [0.5, 0.6) is 11.6 Å². The second kappa shape index (κ2) is 9.34. The highest BCUT2D eigenvalue weighted by Gasteiger charge is 2.20. The van der Waals surface area contributed by atoms with Gasteiger partial charge in [0.05, 0.1) is 0 Å². The monoisotopic (exact) mass is 365 g/mol. The van der Waals surface area contributed by atoms with E-state index in [0.717, 1.165) is 31.5 Å². The molecule has 0 radical (unpaired) electrons. The van der Waals surface area contributed by atoms with Crippen LogP contribution in [0.3, 0.4) is 0 Å². The third kappa shape index (κ3) is 5.69. The molecule has 134 valence electrons. The number of amides is 1. The summed E-state index contributed by atoms with van der Waals surface area (Å²) in [5.41, 5.74) is 0.892. The summed E-state index contributed by atoms with van der Waals surface area (Å²) in [5, 5.41) is 6.19. The van der Waals surface area contributed by atoms with E-state index in [0.29, 0.717) is 18.2 Å². The smallest absolute Gasteiger partial charge is 0.223 e. The second-order valence-corrected chi connectivity index (χ2v) is 5.81. The molecule has 7 heteroatoms. The van der Waals surface area contributed by atoms with Crippen molar-refractivity contribution >= 4 is 18.3 Å². The topological polar surface area (TPSA) is 63.2 Å². The fraction of sp³-hybridized carbons (Fsp3) is 0.333. The summed E-state index contributed by atoms with van der Waals surface area (Å²) in [6.07, 6.45) is 3.41. The van der Waals surface area contributed by atoms with Crippen LogP contribution < -0.4 is 15.4 Å². The number of aromatic nitrogens is 1. The van der Waals surface area contributed by atoms with Crippen LogP contribution in [0.2, 0.25) is 0 Å². The lowest BCUT2D eigenvalue weighted by Crippen LogP contribution is -2.37. The Labute approximate surface area is 152 Å². The van der Waals surface area contributed by atoms with Crippen LogP contribution in [0.4, 0.5) is 4.39 Å². The normalized spacial score (nSPS) is 14.4. The van der Waals surface area contributed by atoms with E-state index in [4.69, 9.17) is 4.74 Å². The number of piperidine rings is 1. The molecular formula is C18H21ClFN3O2. The predicted molar refractivity (Wildman–Crippen MR) is 95.4 cm³/mol. The molecule has 1 saturated heterocycles. The van der Waals surface area contributed by atoms with Gasteiger partial charge in [-0.25, -0.2) is 9.37 Å². The maximum absolute atomic E-state index is 13.1. The van der Waals surface area contributed by atoms with Gasteiger partial charge in [-0.1, -0.05) is 12.1 Å². The zero-order valence-corrected chi connectivity index (χ0v) is 14.5. The van der Waals surface area contributed by atoms with Crippen LogP contribution >= 0.6 is 12.4 Å². The number of carbonyl (C=O) groups excluding carboxylic acids is 1. The summed E-state index contributed by atoms with van der Waals surface area (Å²) in [6.45, 7) is 2.23. The molecule has 1 amide bonds. The van der Waals surface area contributed by atoms with Crippen molar-refractivity contribution < 1.29 is 13.9 Å². The Balaban J connectivity index is 0.00000225. The maximum atomic E-state index is 13.1. The number of carbonyl (C=O) groups is 1. The Bertz CT molecular complexity index is 691. The molecule has 1 aromatic carbocycles. The van der Waals surface area contributed by atoms with Gasteiger partial charge in [0.25, 0.3) is 0 Å². The number of ether oxygens (including phenoxy) is 1. The minimum atomic E-state index is -0.357. The number of nitrogens with one attached hydrogen (secondary N) is 2. The van der Waals surface area contributed by atoms with Crippen LogP contribution in [0.25, 0.3) is 0 Å². The lowest BCUT2D eigenvalue weighted by molar-refractivity contribution is -0.125. The largest absolute Gasteiger partial charge is 0.439 e. The van der Waals surface area contributed by atoms with Gasteiger partial charge in [0.15, 0.2) is 0 Å². The molecule has 3 rings (SSSR count). The first kappa shape index (κ1) is 19.1. The second-order valence-electron chi connectivity index (χ2n) is 5.81. The summed E-state index contributed by atoms with van der Waals surface area (Å²) in [7, 11) is 0.